The van der Waals surface area contributed by atoms with Crippen LogP contribution >= 0.6 is 11.6 Å². The van der Waals surface area contributed by atoms with Gasteiger partial charge in [0, 0.05) is 12.2 Å². The lowest BCUT2D eigenvalue weighted by atomic mass is 10.3. The first-order valence-corrected chi connectivity index (χ1v) is 4.92. The third kappa shape index (κ3) is 2.10. The highest BCUT2D eigenvalue weighted by Crippen LogP contribution is 2.35. The van der Waals surface area contributed by atoms with Crippen LogP contribution in [-0.2, 0) is 0 Å². The first-order chi connectivity index (χ1) is 6.29. The van der Waals surface area contributed by atoms with E-state index < -0.39 is 0 Å². The molecule has 0 amide bonds. The Morgan fingerprint density at radius 2 is 2.54 bits per heavy atom. The summed E-state index contributed by atoms with van der Waals surface area (Å²) in [6, 6.07) is 2.44. The van der Waals surface area contributed by atoms with Crippen molar-refractivity contribution >= 4 is 17.4 Å². The molecular weight excluding hydrogens is 186 g/mol. The molecule has 0 aliphatic heterocycles. The molecule has 0 unspecified atom stereocenters. The highest BCUT2D eigenvalue weighted by molar-refractivity contribution is 6.28. The molecule has 70 valence electrons. The molecule has 1 heterocycles. The average Bonchev–Trinajstić information content (AvgIpc) is 2.83. The highest BCUT2D eigenvalue weighted by Gasteiger charge is 2.35. The van der Waals surface area contributed by atoms with Crippen LogP contribution in [0, 0.1) is 5.92 Å². The van der Waals surface area contributed by atoms with Gasteiger partial charge < -0.3 is 5.32 Å². The summed E-state index contributed by atoms with van der Waals surface area (Å²) in [5.41, 5.74) is 0. The van der Waals surface area contributed by atoms with Crippen molar-refractivity contribution in [2.24, 2.45) is 5.92 Å². The van der Waals surface area contributed by atoms with Gasteiger partial charge in [-0.1, -0.05) is 13.3 Å². The molecule has 1 aliphatic rings. The van der Waals surface area contributed by atoms with Crippen LogP contribution in [-0.4, -0.2) is 16.0 Å². The fourth-order valence-electron chi connectivity index (χ4n) is 1.48. The number of hydrogen-bond donors (Lipinski definition) is 1. The van der Waals surface area contributed by atoms with E-state index in [2.05, 4.69) is 22.2 Å². The molecule has 1 saturated carbocycles. The number of nitrogens with one attached hydrogen (secondary N) is 1. The Balaban J connectivity index is 1.95. The number of anilines is 1. The summed E-state index contributed by atoms with van der Waals surface area (Å²) in [5, 5.41) is 3.63. The Morgan fingerprint density at radius 3 is 3.15 bits per heavy atom. The van der Waals surface area contributed by atoms with E-state index in [0.717, 1.165) is 11.7 Å². The maximum absolute atomic E-state index is 5.66. The van der Waals surface area contributed by atoms with Crippen molar-refractivity contribution < 1.29 is 0 Å². The maximum atomic E-state index is 5.66. The number of aromatic nitrogens is 2. The molecule has 0 saturated heterocycles. The molecule has 1 aliphatic carbocycles. The van der Waals surface area contributed by atoms with Gasteiger partial charge in [-0.25, -0.2) is 9.97 Å². The van der Waals surface area contributed by atoms with Gasteiger partial charge in [0.1, 0.15) is 5.82 Å². The van der Waals surface area contributed by atoms with Crippen molar-refractivity contribution in [3.63, 3.8) is 0 Å². The molecule has 1 N–H and O–H groups in total. The Kier molecular flexibility index (Phi) is 2.36. The Hall–Kier alpha value is -0.830. The van der Waals surface area contributed by atoms with Crippen LogP contribution in [0.15, 0.2) is 12.3 Å². The molecule has 1 aromatic rings. The first-order valence-electron chi connectivity index (χ1n) is 4.54. The van der Waals surface area contributed by atoms with E-state index in [0.29, 0.717) is 11.3 Å². The Bertz CT molecular complexity index is 303. The number of rotatable bonds is 3. The Labute approximate surface area is 82.5 Å². The summed E-state index contributed by atoms with van der Waals surface area (Å²) in [7, 11) is 0. The van der Waals surface area contributed by atoms with Crippen LogP contribution < -0.4 is 5.32 Å². The fourth-order valence-corrected chi connectivity index (χ4v) is 1.63. The van der Waals surface area contributed by atoms with Crippen molar-refractivity contribution in [2.45, 2.75) is 25.8 Å². The lowest BCUT2D eigenvalue weighted by Gasteiger charge is -2.03. The molecule has 13 heavy (non-hydrogen) atoms. The van der Waals surface area contributed by atoms with E-state index >= 15 is 0 Å². The van der Waals surface area contributed by atoms with Crippen LogP contribution in [0.1, 0.15) is 19.8 Å². The van der Waals surface area contributed by atoms with Crippen molar-refractivity contribution in [1.82, 2.24) is 9.97 Å². The molecule has 0 spiro atoms. The van der Waals surface area contributed by atoms with E-state index in [9.17, 15) is 0 Å². The van der Waals surface area contributed by atoms with Crippen LogP contribution in [0.25, 0.3) is 0 Å². The summed E-state index contributed by atoms with van der Waals surface area (Å²) in [6.45, 7) is 2.21. The van der Waals surface area contributed by atoms with E-state index in [1.807, 2.05) is 6.07 Å². The molecule has 0 aromatic carbocycles. The molecule has 3 nitrogen and oxygen atoms in total. The predicted octanol–water partition coefficient (Wildman–Crippen LogP) is 2.34. The van der Waals surface area contributed by atoms with Crippen molar-refractivity contribution in [3.8, 4) is 0 Å². The minimum Gasteiger partial charge on any atom is -0.367 e. The van der Waals surface area contributed by atoms with E-state index in [1.54, 1.807) is 6.20 Å². The minimum absolute atomic E-state index is 0.304. The maximum Gasteiger partial charge on any atom is 0.224 e. The smallest absolute Gasteiger partial charge is 0.224 e. The molecule has 1 aromatic heterocycles. The van der Waals surface area contributed by atoms with Gasteiger partial charge >= 0.3 is 0 Å². The van der Waals surface area contributed by atoms with Gasteiger partial charge in [0.25, 0.3) is 0 Å². The SMILES string of the molecule is CC[C@@H]1C[C@H]1Nc1ccnc(Cl)n1. The Morgan fingerprint density at radius 1 is 1.69 bits per heavy atom. The van der Waals surface area contributed by atoms with Crippen molar-refractivity contribution in [3.05, 3.63) is 17.5 Å². The number of halogens is 1. The van der Waals surface area contributed by atoms with Crippen LogP contribution in [0.5, 0.6) is 0 Å². The summed E-state index contributed by atoms with van der Waals surface area (Å²) >= 11 is 5.66. The summed E-state index contributed by atoms with van der Waals surface area (Å²) in [5.74, 6) is 1.65. The lowest BCUT2D eigenvalue weighted by Crippen LogP contribution is -2.06. The van der Waals surface area contributed by atoms with Gasteiger partial charge in [0.2, 0.25) is 5.28 Å². The number of nitrogens with zero attached hydrogens (tertiary/aromatic N) is 2. The third-order valence-electron chi connectivity index (χ3n) is 2.41. The standard InChI is InChI=1S/C9H12ClN3/c1-2-6-5-7(6)12-8-3-4-11-9(10)13-8/h3-4,6-7H,2,5H2,1H3,(H,11,12,13)/t6-,7-/m1/s1. The van der Waals surface area contributed by atoms with Gasteiger partial charge in [0.15, 0.2) is 0 Å². The zero-order valence-electron chi connectivity index (χ0n) is 7.50. The van der Waals surface area contributed by atoms with E-state index in [1.165, 1.54) is 12.8 Å². The summed E-state index contributed by atoms with van der Waals surface area (Å²) < 4.78 is 0. The van der Waals surface area contributed by atoms with Crippen LogP contribution in [0.3, 0.4) is 0 Å². The molecule has 2 atom stereocenters. The summed E-state index contributed by atoms with van der Waals surface area (Å²) in [4.78, 5) is 7.89. The molecule has 1 fully saturated rings. The van der Waals surface area contributed by atoms with Gasteiger partial charge in [-0.05, 0) is 30.0 Å². The van der Waals surface area contributed by atoms with Crippen LogP contribution in [0.2, 0.25) is 5.28 Å². The molecule has 2 rings (SSSR count). The van der Waals surface area contributed by atoms with Crippen LogP contribution in [0.4, 0.5) is 5.82 Å². The molecular formula is C9H12ClN3. The molecule has 0 radical (unpaired) electrons. The fraction of sp³-hybridized carbons (Fsp3) is 0.556. The summed E-state index contributed by atoms with van der Waals surface area (Å²) in [6.07, 6.45) is 4.15. The zero-order chi connectivity index (χ0) is 9.26. The second-order valence-corrected chi connectivity index (χ2v) is 3.70. The largest absolute Gasteiger partial charge is 0.367 e. The monoisotopic (exact) mass is 197 g/mol. The quantitative estimate of drug-likeness (QED) is 0.756. The van der Waals surface area contributed by atoms with Gasteiger partial charge in [0.05, 0.1) is 0 Å². The highest BCUT2D eigenvalue weighted by atomic mass is 35.5. The number of hydrogen-bond acceptors (Lipinski definition) is 3. The van der Waals surface area contributed by atoms with Crippen molar-refractivity contribution in [2.75, 3.05) is 5.32 Å². The molecule has 4 heteroatoms. The lowest BCUT2D eigenvalue weighted by molar-refractivity contribution is 0.773. The third-order valence-corrected chi connectivity index (χ3v) is 2.59. The zero-order valence-corrected chi connectivity index (χ0v) is 8.25. The van der Waals surface area contributed by atoms with Gasteiger partial charge in [-0.15, -0.1) is 0 Å². The minimum atomic E-state index is 0.304. The van der Waals surface area contributed by atoms with E-state index in [-0.39, 0.29) is 0 Å². The normalized spacial score (nSPS) is 25.7. The predicted molar refractivity (Wildman–Crippen MR) is 52.9 cm³/mol. The topological polar surface area (TPSA) is 37.8 Å². The van der Waals surface area contributed by atoms with Crippen molar-refractivity contribution in [1.29, 1.82) is 0 Å². The second kappa shape index (κ2) is 3.50. The molecule has 0 bridgehead atoms. The van der Waals surface area contributed by atoms with Gasteiger partial charge in [-0.3, -0.25) is 0 Å². The van der Waals surface area contributed by atoms with E-state index in [4.69, 9.17) is 11.6 Å². The van der Waals surface area contributed by atoms with Gasteiger partial charge in [-0.2, -0.15) is 0 Å². The first kappa shape index (κ1) is 8.75. The average molecular weight is 198 g/mol. The second-order valence-electron chi connectivity index (χ2n) is 3.37.